The molecule has 1 fully saturated rings. The summed E-state index contributed by atoms with van der Waals surface area (Å²) in [6.07, 6.45) is 3.68. The second kappa shape index (κ2) is 6.75. The van der Waals surface area contributed by atoms with E-state index in [0.29, 0.717) is 13.2 Å². The number of hydrogen-bond donors (Lipinski definition) is 2. The Bertz CT molecular complexity index is 453. The topological polar surface area (TPSA) is 58.6 Å². The standard InChI is InChI=1S/C16H23NO3/c1-2-20-14-8-4-3-7-13(14)12-17-15(18)11-16(19)9-5-6-10-16/h3-4,7-8,19H,2,5-6,9-12H2,1H3,(H,17,18). The number of ether oxygens (including phenoxy) is 1. The van der Waals surface area contributed by atoms with Gasteiger partial charge in [-0.2, -0.15) is 0 Å². The van der Waals surface area contributed by atoms with Gasteiger partial charge in [0.15, 0.2) is 0 Å². The zero-order valence-corrected chi connectivity index (χ0v) is 12.0. The van der Waals surface area contributed by atoms with Gasteiger partial charge >= 0.3 is 0 Å². The van der Waals surface area contributed by atoms with Crippen molar-refractivity contribution in [3.63, 3.8) is 0 Å². The molecule has 2 rings (SSSR count). The summed E-state index contributed by atoms with van der Waals surface area (Å²) in [6.45, 7) is 2.97. The second-order valence-electron chi connectivity index (χ2n) is 5.43. The van der Waals surface area contributed by atoms with Crippen LogP contribution in [0.15, 0.2) is 24.3 Å². The van der Waals surface area contributed by atoms with Gasteiger partial charge in [-0.05, 0) is 25.8 Å². The Hall–Kier alpha value is -1.55. The lowest BCUT2D eigenvalue weighted by Gasteiger charge is -2.21. The second-order valence-corrected chi connectivity index (χ2v) is 5.43. The molecule has 20 heavy (non-hydrogen) atoms. The van der Waals surface area contributed by atoms with Crippen molar-refractivity contribution in [1.29, 1.82) is 0 Å². The third kappa shape index (κ3) is 3.97. The number of carbonyl (C=O) groups is 1. The zero-order valence-electron chi connectivity index (χ0n) is 12.0. The summed E-state index contributed by atoms with van der Waals surface area (Å²) in [7, 11) is 0. The highest BCUT2D eigenvalue weighted by atomic mass is 16.5. The van der Waals surface area contributed by atoms with Crippen molar-refractivity contribution in [1.82, 2.24) is 5.32 Å². The van der Waals surface area contributed by atoms with Crippen molar-refractivity contribution in [2.75, 3.05) is 6.61 Å². The molecule has 0 atom stereocenters. The minimum atomic E-state index is -0.788. The van der Waals surface area contributed by atoms with Gasteiger partial charge in [0.25, 0.3) is 0 Å². The van der Waals surface area contributed by atoms with Crippen LogP contribution in [0.5, 0.6) is 5.75 Å². The lowest BCUT2D eigenvalue weighted by molar-refractivity contribution is -0.126. The molecule has 0 radical (unpaired) electrons. The van der Waals surface area contributed by atoms with Gasteiger partial charge in [0.05, 0.1) is 18.6 Å². The average molecular weight is 277 g/mol. The predicted molar refractivity (Wildman–Crippen MR) is 77.5 cm³/mol. The van der Waals surface area contributed by atoms with Gasteiger partial charge in [-0.1, -0.05) is 31.0 Å². The molecule has 4 heteroatoms. The van der Waals surface area contributed by atoms with Gasteiger partial charge in [-0.25, -0.2) is 0 Å². The number of para-hydroxylation sites is 1. The van der Waals surface area contributed by atoms with Crippen LogP contribution < -0.4 is 10.1 Å². The largest absolute Gasteiger partial charge is 0.494 e. The van der Waals surface area contributed by atoms with Crippen LogP contribution in [0, 0.1) is 0 Å². The quantitative estimate of drug-likeness (QED) is 0.839. The number of hydrogen-bond acceptors (Lipinski definition) is 3. The van der Waals surface area contributed by atoms with Crippen LogP contribution >= 0.6 is 0 Å². The van der Waals surface area contributed by atoms with Crippen LogP contribution in [0.25, 0.3) is 0 Å². The van der Waals surface area contributed by atoms with E-state index in [0.717, 1.165) is 37.0 Å². The first-order valence-electron chi connectivity index (χ1n) is 7.33. The van der Waals surface area contributed by atoms with Gasteiger partial charge in [0.1, 0.15) is 5.75 Å². The van der Waals surface area contributed by atoms with Gasteiger partial charge in [0.2, 0.25) is 5.91 Å². The molecule has 1 aliphatic carbocycles. The Morgan fingerprint density at radius 1 is 1.35 bits per heavy atom. The maximum atomic E-state index is 11.9. The normalized spacial score (nSPS) is 16.9. The average Bonchev–Trinajstić information content (AvgIpc) is 2.84. The molecule has 0 bridgehead atoms. The van der Waals surface area contributed by atoms with Crippen LogP contribution in [0.3, 0.4) is 0 Å². The van der Waals surface area contributed by atoms with E-state index in [9.17, 15) is 9.90 Å². The Kier molecular flexibility index (Phi) is 5.01. The maximum absolute atomic E-state index is 11.9. The fourth-order valence-electron chi connectivity index (χ4n) is 2.71. The summed E-state index contributed by atoms with van der Waals surface area (Å²) in [5, 5.41) is 13.1. The van der Waals surface area contributed by atoms with Crippen LogP contribution in [0.4, 0.5) is 0 Å². The molecule has 1 aromatic carbocycles. The molecule has 0 unspecified atom stereocenters. The van der Waals surface area contributed by atoms with Crippen LogP contribution in [-0.2, 0) is 11.3 Å². The smallest absolute Gasteiger partial charge is 0.223 e. The van der Waals surface area contributed by atoms with E-state index in [1.165, 1.54) is 0 Å². The first kappa shape index (κ1) is 14.9. The van der Waals surface area contributed by atoms with Crippen molar-refractivity contribution >= 4 is 5.91 Å². The van der Waals surface area contributed by atoms with E-state index in [-0.39, 0.29) is 12.3 Å². The molecule has 0 aromatic heterocycles. The fraction of sp³-hybridized carbons (Fsp3) is 0.562. The van der Waals surface area contributed by atoms with Gasteiger partial charge in [-0.15, -0.1) is 0 Å². The van der Waals surface area contributed by atoms with Crippen LogP contribution in [0.2, 0.25) is 0 Å². The van der Waals surface area contributed by atoms with Crippen molar-refractivity contribution < 1.29 is 14.6 Å². The number of rotatable bonds is 6. The number of carbonyl (C=O) groups excluding carboxylic acids is 1. The summed E-state index contributed by atoms with van der Waals surface area (Å²) in [5.74, 6) is 0.704. The number of benzene rings is 1. The Morgan fingerprint density at radius 3 is 2.75 bits per heavy atom. The number of amides is 1. The molecule has 2 N–H and O–H groups in total. The summed E-state index contributed by atoms with van der Waals surface area (Å²) >= 11 is 0. The van der Waals surface area contributed by atoms with Crippen molar-refractivity contribution in [2.45, 2.75) is 51.2 Å². The highest BCUT2D eigenvalue weighted by Crippen LogP contribution is 2.32. The minimum Gasteiger partial charge on any atom is -0.494 e. The molecular weight excluding hydrogens is 254 g/mol. The maximum Gasteiger partial charge on any atom is 0.223 e. The predicted octanol–water partition coefficient (Wildman–Crippen LogP) is 2.40. The summed E-state index contributed by atoms with van der Waals surface area (Å²) < 4.78 is 5.52. The highest BCUT2D eigenvalue weighted by molar-refractivity contribution is 5.77. The van der Waals surface area contributed by atoms with Crippen LogP contribution in [0.1, 0.15) is 44.6 Å². The van der Waals surface area contributed by atoms with Crippen molar-refractivity contribution in [2.24, 2.45) is 0 Å². The molecular formula is C16H23NO3. The summed E-state index contributed by atoms with van der Waals surface area (Å²) in [6, 6.07) is 7.68. The van der Waals surface area contributed by atoms with Crippen molar-refractivity contribution in [3.8, 4) is 5.75 Å². The lowest BCUT2D eigenvalue weighted by atomic mass is 9.97. The van der Waals surface area contributed by atoms with Gasteiger partial charge < -0.3 is 15.2 Å². The lowest BCUT2D eigenvalue weighted by Crippen LogP contribution is -2.34. The fourth-order valence-corrected chi connectivity index (χ4v) is 2.71. The minimum absolute atomic E-state index is 0.0966. The Balaban J connectivity index is 1.87. The number of nitrogens with one attached hydrogen (secondary N) is 1. The zero-order chi connectivity index (χ0) is 14.4. The van der Waals surface area contributed by atoms with Crippen molar-refractivity contribution in [3.05, 3.63) is 29.8 Å². The molecule has 0 heterocycles. The molecule has 0 saturated heterocycles. The molecule has 110 valence electrons. The van der Waals surface area contributed by atoms with E-state index in [4.69, 9.17) is 4.74 Å². The highest BCUT2D eigenvalue weighted by Gasteiger charge is 2.33. The summed E-state index contributed by atoms with van der Waals surface area (Å²) in [5.41, 5.74) is 0.171. The molecule has 1 amide bonds. The van der Waals surface area contributed by atoms with Gasteiger partial charge in [0, 0.05) is 12.1 Å². The molecule has 1 saturated carbocycles. The third-order valence-electron chi connectivity index (χ3n) is 3.77. The molecule has 0 aliphatic heterocycles. The Morgan fingerprint density at radius 2 is 2.05 bits per heavy atom. The summed E-state index contributed by atoms with van der Waals surface area (Å²) in [4.78, 5) is 11.9. The monoisotopic (exact) mass is 277 g/mol. The SMILES string of the molecule is CCOc1ccccc1CNC(=O)CC1(O)CCCC1. The first-order chi connectivity index (χ1) is 9.63. The number of aliphatic hydroxyl groups is 1. The third-order valence-corrected chi connectivity index (χ3v) is 3.77. The van der Waals surface area contributed by atoms with Gasteiger partial charge in [-0.3, -0.25) is 4.79 Å². The van der Waals surface area contributed by atoms with E-state index in [1.807, 2.05) is 31.2 Å². The van der Waals surface area contributed by atoms with Crippen LogP contribution in [-0.4, -0.2) is 23.2 Å². The molecule has 1 aromatic rings. The van der Waals surface area contributed by atoms with E-state index in [2.05, 4.69) is 5.32 Å². The molecule has 4 nitrogen and oxygen atoms in total. The Labute approximate surface area is 120 Å². The van der Waals surface area contributed by atoms with E-state index >= 15 is 0 Å². The molecule has 1 aliphatic rings. The first-order valence-corrected chi connectivity index (χ1v) is 7.33. The van der Waals surface area contributed by atoms with E-state index in [1.54, 1.807) is 0 Å². The molecule has 0 spiro atoms. The van der Waals surface area contributed by atoms with E-state index < -0.39 is 5.60 Å².